The molecule has 0 spiro atoms. The summed E-state index contributed by atoms with van der Waals surface area (Å²) < 4.78 is 13.5. The van der Waals surface area contributed by atoms with Gasteiger partial charge < -0.3 is 15.5 Å². The van der Waals surface area contributed by atoms with Crippen LogP contribution < -0.4 is 10.6 Å². The maximum atomic E-state index is 12.9. The Morgan fingerprint density at radius 2 is 2.11 bits per heavy atom. The lowest BCUT2D eigenvalue weighted by Gasteiger charge is -2.29. The second-order valence-electron chi connectivity index (χ2n) is 4.80. The standard InChI is InChI=1S/C13H17BrFN3O/c1-18-6-4-10(5-7-18)16-13(19)17-12-3-2-9(15)8-11(12)14/h2-3,8,10H,4-7H2,1H3,(H2,16,17,19). The number of hydrogen-bond acceptors (Lipinski definition) is 2. The maximum absolute atomic E-state index is 12.9. The molecule has 0 unspecified atom stereocenters. The number of likely N-dealkylation sites (tertiary alicyclic amines) is 1. The largest absolute Gasteiger partial charge is 0.335 e. The van der Waals surface area contributed by atoms with E-state index in [0.29, 0.717) is 10.2 Å². The van der Waals surface area contributed by atoms with Gasteiger partial charge in [-0.2, -0.15) is 0 Å². The van der Waals surface area contributed by atoms with Crippen molar-refractivity contribution in [1.82, 2.24) is 10.2 Å². The van der Waals surface area contributed by atoms with Gasteiger partial charge in [0.1, 0.15) is 5.82 Å². The van der Waals surface area contributed by atoms with Gasteiger partial charge in [-0.1, -0.05) is 0 Å². The summed E-state index contributed by atoms with van der Waals surface area (Å²) >= 11 is 3.22. The number of carbonyl (C=O) groups is 1. The van der Waals surface area contributed by atoms with Gasteiger partial charge in [0.2, 0.25) is 0 Å². The predicted molar refractivity (Wildman–Crippen MR) is 76.8 cm³/mol. The van der Waals surface area contributed by atoms with Crippen LogP contribution >= 0.6 is 15.9 Å². The van der Waals surface area contributed by atoms with Crippen LogP contribution in [0.1, 0.15) is 12.8 Å². The van der Waals surface area contributed by atoms with Gasteiger partial charge in [0.15, 0.2) is 0 Å². The Hall–Kier alpha value is -1.14. The van der Waals surface area contributed by atoms with E-state index in [0.717, 1.165) is 25.9 Å². The number of halogens is 2. The minimum Gasteiger partial charge on any atom is -0.335 e. The van der Waals surface area contributed by atoms with Crippen molar-refractivity contribution in [3.05, 3.63) is 28.5 Å². The molecule has 1 fully saturated rings. The lowest BCUT2D eigenvalue weighted by molar-refractivity contribution is 0.221. The first-order valence-electron chi connectivity index (χ1n) is 6.25. The molecule has 0 bridgehead atoms. The van der Waals surface area contributed by atoms with Crippen LogP contribution in [0.15, 0.2) is 22.7 Å². The molecule has 2 amide bonds. The number of nitrogens with one attached hydrogen (secondary N) is 2. The fraction of sp³-hybridized carbons (Fsp3) is 0.462. The molecule has 19 heavy (non-hydrogen) atoms. The first kappa shape index (κ1) is 14.3. The fourth-order valence-electron chi connectivity index (χ4n) is 2.09. The topological polar surface area (TPSA) is 44.4 Å². The summed E-state index contributed by atoms with van der Waals surface area (Å²) in [5.74, 6) is -0.340. The van der Waals surface area contributed by atoms with Crippen LogP contribution in [0.2, 0.25) is 0 Å². The van der Waals surface area contributed by atoms with Crippen LogP contribution in [0.25, 0.3) is 0 Å². The molecule has 1 aromatic rings. The third kappa shape index (κ3) is 4.18. The van der Waals surface area contributed by atoms with Gasteiger partial charge >= 0.3 is 6.03 Å². The summed E-state index contributed by atoms with van der Waals surface area (Å²) in [6, 6.07) is 4.13. The SMILES string of the molecule is CN1CCC(NC(=O)Nc2ccc(F)cc2Br)CC1. The molecule has 1 aromatic carbocycles. The lowest BCUT2D eigenvalue weighted by Crippen LogP contribution is -2.44. The molecule has 0 radical (unpaired) electrons. The highest BCUT2D eigenvalue weighted by atomic mass is 79.9. The van der Waals surface area contributed by atoms with E-state index in [9.17, 15) is 9.18 Å². The van der Waals surface area contributed by atoms with Crippen molar-refractivity contribution in [2.75, 3.05) is 25.5 Å². The van der Waals surface area contributed by atoms with E-state index in [1.165, 1.54) is 18.2 Å². The van der Waals surface area contributed by atoms with E-state index in [4.69, 9.17) is 0 Å². The van der Waals surface area contributed by atoms with Crippen molar-refractivity contribution >= 4 is 27.6 Å². The molecule has 0 aromatic heterocycles. The van der Waals surface area contributed by atoms with Crippen molar-refractivity contribution in [3.63, 3.8) is 0 Å². The molecule has 1 saturated heterocycles. The zero-order chi connectivity index (χ0) is 13.8. The summed E-state index contributed by atoms with van der Waals surface area (Å²) in [5, 5.41) is 5.66. The van der Waals surface area contributed by atoms with E-state index in [2.05, 4.69) is 38.5 Å². The molecular formula is C13H17BrFN3O. The molecule has 1 aliphatic heterocycles. The number of piperidine rings is 1. The zero-order valence-electron chi connectivity index (χ0n) is 10.7. The minimum atomic E-state index is -0.340. The van der Waals surface area contributed by atoms with Gasteiger partial charge in [-0.15, -0.1) is 0 Å². The van der Waals surface area contributed by atoms with E-state index < -0.39 is 0 Å². The second kappa shape index (κ2) is 6.34. The molecule has 4 nitrogen and oxygen atoms in total. The van der Waals surface area contributed by atoms with Crippen LogP contribution in [0.3, 0.4) is 0 Å². The fourth-order valence-corrected chi connectivity index (χ4v) is 2.54. The first-order chi connectivity index (χ1) is 9.04. The van der Waals surface area contributed by atoms with Crippen molar-refractivity contribution in [2.24, 2.45) is 0 Å². The number of amides is 2. The van der Waals surface area contributed by atoms with Gasteiger partial charge in [0.05, 0.1) is 5.69 Å². The third-order valence-electron chi connectivity index (χ3n) is 3.23. The average Bonchev–Trinajstić information content (AvgIpc) is 2.36. The summed E-state index contributed by atoms with van der Waals surface area (Å²) in [5.41, 5.74) is 0.562. The number of rotatable bonds is 2. The van der Waals surface area contributed by atoms with Crippen LogP contribution in [0.5, 0.6) is 0 Å². The number of nitrogens with zero attached hydrogens (tertiary/aromatic N) is 1. The van der Waals surface area contributed by atoms with Gasteiger partial charge in [-0.05, 0) is 67.1 Å². The van der Waals surface area contributed by atoms with Crippen LogP contribution in [-0.2, 0) is 0 Å². The molecule has 2 rings (SSSR count). The van der Waals surface area contributed by atoms with E-state index in [1.54, 1.807) is 0 Å². The molecule has 104 valence electrons. The number of anilines is 1. The molecule has 0 aliphatic carbocycles. The Morgan fingerprint density at radius 1 is 1.42 bits per heavy atom. The van der Waals surface area contributed by atoms with E-state index in [1.807, 2.05) is 0 Å². The Balaban J connectivity index is 1.87. The van der Waals surface area contributed by atoms with Crippen molar-refractivity contribution < 1.29 is 9.18 Å². The van der Waals surface area contributed by atoms with Crippen molar-refractivity contribution in [2.45, 2.75) is 18.9 Å². The highest BCUT2D eigenvalue weighted by Crippen LogP contribution is 2.23. The molecule has 1 aliphatic rings. The highest BCUT2D eigenvalue weighted by molar-refractivity contribution is 9.10. The number of benzene rings is 1. The second-order valence-corrected chi connectivity index (χ2v) is 5.65. The normalized spacial score (nSPS) is 17.2. The Morgan fingerprint density at radius 3 is 2.74 bits per heavy atom. The van der Waals surface area contributed by atoms with E-state index >= 15 is 0 Å². The minimum absolute atomic E-state index is 0.204. The summed E-state index contributed by atoms with van der Waals surface area (Å²) in [4.78, 5) is 14.1. The van der Waals surface area contributed by atoms with Crippen LogP contribution in [0.4, 0.5) is 14.9 Å². The number of urea groups is 1. The highest BCUT2D eigenvalue weighted by Gasteiger charge is 2.18. The summed E-state index contributed by atoms with van der Waals surface area (Å²) in [6.45, 7) is 1.98. The number of hydrogen-bond donors (Lipinski definition) is 2. The van der Waals surface area contributed by atoms with Crippen LogP contribution in [0, 0.1) is 5.82 Å². The molecule has 0 saturated carbocycles. The van der Waals surface area contributed by atoms with Gasteiger partial charge in [-0.25, -0.2) is 9.18 Å². The first-order valence-corrected chi connectivity index (χ1v) is 7.05. The van der Waals surface area contributed by atoms with Crippen LogP contribution in [-0.4, -0.2) is 37.1 Å². The van der Waals surface area contributed by atoms with Gasteiger partial charge in [0, 0.05) is 10.5 Å². The molecule has 1 heterocycles. The average molecular weight is 330 g/mol. The van der Waals surface area contributed by atoms with Gasteiger partial charge in [-0.3, -0.25) is 0 Å². The molecular weight excluding hydrogens is 313 g/mol. The monoisotopic (exact) mass is 329 g/mol. The summed E-state index contributed by atoms with van der Waals surface area (Å²) in [7, 11) is 2.08. The number of carbonyl (C=O) groups excluding carboxylic acids is 1. The third-order valence-corrected chi connectivity index (χ3v) is 3.89. The van der Waals surface area contributed by atoms with Crippen molar-refractivity contribution in [1.29, 1.82) is 0 Å². The van der Waals surface area contributed by atoms with E-state index in [-0.39, 0.29) is 17.9 Å². The zero-order valence-corrected chi connectivity index (χ0v) is 12.3. The van der Waals surface area contributed by atoms with Crippen molar-refractivity contribution in [3.8, 4) is 0 Å². The van der Waals surface area contributed by atoms with Gasteiger partial charge in [0.25, 0.3) is 0 Å². The smallest absolute Gasteiger partial charge is 0.319 e. The Kier molecular flexibility index (Phi) is 4.76. The predicted octanol–water partition coefficient (Wildman–Crippen LogP) is 2.80. The summed E-state index contributed by atoms with van der Waals surface area (Å²) in [6.07, 6.45) is 1.91. The quantitative estimate of drug-likeness (QED) is 0.876. The molecule has 2 N–H and O–H groups in total. The molecule has 0 atom stereocenters. The lowest BCUT2D eigenvalue weighted by atomic mass is 10.1. The Bertz CT molecular complexity index is 461. The molecule has 6 heteroatoms. The Labute approximate surface area is 120 Å². The maximum Gasteiger partial charge on any atom is 0.319 e.